The highest BCUT2D eigenvalue weighted by Crippen LogP contribution is 2.17. The van der Waals surface area contributed by atoms with Crippen molar-refractivity contribution >= 4 is 15.7 Å². The van der Waals surface area contributed by atoms with Gasteiger partial charge in [0.2, 0.25) is 5.91 Å². The van der Waals surface area contributed by atoms with E-state index in [0.29, 0.717) is 13.1 Å². The Balaban J connectivity index is 1.54. The lowest BCUT2D eigenvalue weighted by atomic mass is 9.97. The number of hydrogen-bond acceptors (Lipinski definition) is 5. The third kappa shape index (κ3) is 5.12. The molecule has 7 nitrogen and oxygen atoms in total. The molecule has 0 saturated heterocycles. The van der Waals surface area contributed by atoms with Crippen LogP contribution in [0.25, 0.3) is 0 Å². The molecule has 0 radical (unpaired) electrons. The van der Waals surface area contributed by atoms with Gasteiger partial charge in [-0.3, -0.25) is 9.59 Å². The lowest BCUT2D eigenvalue weighted by molar-refractivity contribution is -0.120. The van der Waals surface area contributed by atoms with Gasteiger partial charge in [0.05, 0.1) is 28.8 Å². The summed E-state index contributed by atoms with van der Waals surface area (Å²) >= 11 is 0. The zero-order valence-electron chi connectivity index (χ0n) is 16.8. The summed E-state index contributed by atoms with van der Waals surface area (Å²) in [6.07, 6.45) is 4.14. The molecule has 1 N–H and O–H groups in total. The maximum atomic E-state index is 12.2. The van der Waals surface area contributed by atoms with Crippen LogP contribution in [0.5, 0.6) is 0 Å². The lowest BCUT2D eigenvalue weighted by Crippen LogP contribution is -2.33. The third-order valence-electron chi connectivity index (χ3n) is 5.16. The Hall–Kier alpha value is -2.48. The number of nitrogens with one attached hydrogen (secondary N) is 1. The van der Waals surface area contributed by atoms with Gasteiger partial charge in [-0.1, -0.05) is 12.1 Å². The predicted molar refractivity (Wildman–Crippen MR) is 111 cm³/mol. The van der Waals surface area contributed by atoms with Gasteiger partial charge in [-0.15, -0.1) is 0 Å². The minimum atomic E-state index is -3.32. The number of aryl methyl sites for hydroxylation is 2. The molecule has 2 aromatic rings. The van der Waals surface area contributed by atoms with E-state index in [1.54, 1.807) is 32.0 Å². The second-order valence-corrected chi connectivity index (χ2v) is 10.2. The van der Waals surface area contributed by atoms with E-state index in [0.717, 1.165) is 42.5 Å². The molecule has 0 saturated carbocycles. The summed E-state index contributed by atoms with van der Waals surface area (Å²) in [7, 11) is -3.32. The second kappa shape index (κ2) is 8.90. The molecular formula is C21H27N3O4S. The molecule has 1 aliphatic carbocycles. The zero-order chi connectivity index (χ0) is 21.0. The SMILES string of the molecule is CC(C)S(=O)(=O)c1ccc(CC(=O)NCCn2nc3c(cc2=O)CCCC3)cc1. The Bertz CT molecular complexity index is 1040. The van der Waals surface area contributed by atoms with E-state index in [9.17, 15) is 18.0 Å². The van der Waals surface area contributed by atoms with Gasteiger partial charge in [0.15, 0.2) is 9.84 Å². The summed E-state index contributed by atoms with van der Waals surface area (Å²) in [5, 5.41) is 6.74. The quantitative estimate of drug-likeness (QED) is 0.739. The van der Waals surface area contributed by atoms with Gasteiger partial charge in [-0.25, -0.2) is 13.1 Å². The first kappa shape index (κ1) is 21.2. The molecule has 156 valence electrons. The van der Waals surface area contributed by atoms with Crippen LogP contribution < -0.4 is 10.9 Å². The van der Waals surface area contributed by atoms with Crippen molar-refractivity contribution < 1.29 is 13.2 Å². The van der Waals surface area contributed by atoms with E-state index < -0.39 is 15.1 Å². The molecule has 0 unspecified atom stereocenters. The molecule has 1 heterocycles. The number of sulfone groups is 1. The van der Waals surface area contributed by atoms with Crippen LogP contribution in [0.1, 0.15) is 43.5 Å². The molecule has 1 aromatic carbocycles. The number of hydrogen-bond donors (Lipinski definition) is 1. The monoisotopic (exact) mass is 417 g/mol. The molecular weight excluding hydrogens is 390 g/mol. The van der Waals surface area contributed by atoms with Crippen LogP contribution in [0, 0.1) is 0 Å². The number of amides is 1. The Morgan fingerprint density at radius 3 is 2.55 bits per heavy atom. The fourth-order valence-electron chi connectivity index (χ4n) is 3.38. The predicted octanol–water partition coefficient (Wildman–Crippen LogP) is 1.66. The molecule has 29 heavy (non-hydrogen) atoms. The van der Waals surface area contributed by atoms with Crippen LogP contribution in [0.3, 0.4) is 0 Å². The number of fused-ring (bicyclic) bond motifs is 1. The average Bonchev–Trinajstić information content (AvgIpc) is 2.68. The van der Waals surface area contributed by atoms with Crippen molar-refractivity contribution in [1.82, 2.24) is 15.1 Å². The summed E-state index contributed by atoms with van der Waals surface area (Å²) < 4.78 is 25.7. The highest BCUT2D eigenvalue weighted by Gasteiger charge is 2.19. The highest BCUT2D eigenvalue weighted by molar-refractivity contribution is 7.92. The molecule has 0 spiro atoms. The summed E-state index contributed by atoms with van der Waals surface area (Å²) in [5.41, 5.74) is 2.62. The van der Waals surface area contributed by atoms with Crippen LogP contribution in [0.15, 0.2) is 40.0 Å². The van der Waals surface area contributed by atoms with Crippen LogP contribution in [-0.4, -0.2) is 35.9 Å². The van der Waals surface area contributed by atoms with E-state index in [1.807, 2.05) is 0 Å². The number of carbonyl (C=O) groups excluding carboxylic acids is 1. The topological polar surface area (TPSA) is 98.1 Å². The molecule has 1 aliphatic rings. The van der Waals surface area contributed by atoms with Crippen LogP contribution >= 0.6 is 0 Å². The smallest absolute Gasteiger partial charge is 0.267 e. The first-order chi connectivity index (χ1) is 13.8. The summed E-state index contributed by atoms with van der Waals surface area (Å²) in [5.74, 6) is -0.185. The normalized spacial score (nSPS) is 13.9. The zero-order valence-corrected chi connectivity index (χ0v) is 17.7. The first-order valence-corrected chi connectivity index (χ1v) is 11.5. The maximum absolute atomic E-state index is 12.2. The van der Waals surface area contributed by atoms with Crippen molar-refractivity contribution in [2.45, 2.75) is 62.6 Å². The molecule has 0 aliphatic heterocycles. The maximum Gasteiger partial charge on any atom is 0.267 e. The molecule has 0 fully saturated rings. The van der Waals surface area contributed by atoms with Crippen LogP contribution in [0.4, 0.5) is 0 Å². The molecule has 0 atom stereocenters. The molecule has 8 heteroatoms. The molecule has 1 amide bonds. The Kier molecular flexibility index (Phi) is 6.52. The van der Waals surface area contributed by atoms with Gasteiger partial charge in [0, 0.05) is 12.6 Å². The summed E-state index contributed by atoms with van der Waals surface area (Å²) in [6.45, 7) is 3.91. The van der Waals surface area contributed by atoms with Crippen molar-refractivity contribution in [3.05, 3.63) is 57.5 Å². The third-order valence-corrected chi connectivity index (χ3v) is 7.33. The van der Waals surface area contributed by atoms with Gasteiger partial charge in [0.1, 0.15) is 0 Å². The van der Waals surface area contributed by atoms with E-state index in [4.69, 9.17) is 0 Å². The molecule has 1 aromatic heterocycles. The fraction of sp³-hybridized carbons (Fsp3) is 0.476. The van der Waals surface area contributed by atoms with Crippen molar-refractivity contribution in [3.8, 4) is 0 Å². The van der Waals surface area contributed by atoms with Gasteiger partial charge in [0.25, 0.3) is 5.56 Å². The van der Waals surface area contributed by atoms with Crippen LogP contribution in [0.2, 0.25) is 0 Å². The number of rotatable bonds is 7. The average molecular weight is 418 g/mol. The van der Waals surface area contributed by atoms with E-state index in [-0.39, 0.29) is 22.8 Å². The summed E-state index contributed by atoms with van der Waals surface area (Å²) in [6, 6.07) is 8.05. The number of carbonyl (C=O) groups is 1. The highest BCUT2D eigenvalue weighted by atomic mass is 32.2. The van der Waals surface area contributed by atoms with Gasteiger partial charge in [-0.05, 0) is 62.8 Å². The number of nitrogens with zero attached hydrogens (tertiary/aromatic N) is 2. The van der Waals surface area contributed by atoms with Gasteiger partial charge < -0.3 is 5.32 Å². The van der Waals surface area contributed by atoms with Gasteiger partial charge in [-0.2, -0.15) is 5.10 Å². The second-order valence-electron chi connectivity index (χ2n) is 7.65. The van der Waals surface area contributed by atoms with Gasteiger partial charge >= 0.3 is 0 Å². The molecule has 0 bridgehead atoms. The van der Waals surface area contributed by atoms with E-state index in [2.05, 4.69) is 10.4 Å². The minimum Gasteiger partial charge on any atom is -0.354 e. The van der Waals surface area contributed by atoms with Crippen molar-refractivity contribution in [2.24, 2.45) is 0 Å². The number of benzene rings is 1. The minimum absolute atomic E-state index is 0.137. The fourth-order valence-corrected chi connectivity index (χ4v) is 4.44. The Morgan fingerprint density at radius 2 is 1.86 bits per heavy atom. The standard InChI is InChI=1S/C21H27N3O4S/c1-15(2)29(27,28)18-9-7-16(8-10-18)13-20(25)22-11-12-24-21(26)14-17-5-3-4-6-19(17)23-24/h7-10,14-15H,3-6,11-13H2,1-2H3,(H,22,25). The summed E-state index contributed by atoms with van der Waals surface area (Å²) in [4.78, 5) is 24.6. The van der Waals surface area contributed by atoms with E-state index in [1.165, 1.54) is 16.8 Å². The van der Waals surface area contributed by atoms with Crippen molar-refractivity contribution in [1.29, 1.82) is 0 Å². The van der Waals surface area contributed by atoms with Crippen LogP contribution in [-0.2, 0) is 40.4 Å². The molecule has 3 rings (SSSR count). The Labute approximate surface area is 171 Å². The number of aromatic nitrogens is 2. The Morgan fingerprint density at radius 1 is 1.17 bits per heavy atom. The van der Waals surface area contributed by atoms with E-state index >= 15 is 0 Å². The lowest BCUT2D eigenvalue weighted by Gasteiger charge is -2.16. The largest absolute Gasteiger partial charge is 0.354 e. The first-order valence-electron chi connectivity index (χ1n) is 9.97. The van der Waals surface area contributed by atoms with Crippen molar-refractivity contribution in [2.75, 3.05) is 6.54 Å². The van der Waals surface area contributed by atoms with Crippen molar-refractivity contribution in [3.63, 3.8) is 0 Å².